The average molecular weight is 409 g/mol. The second-order valence-electron chi connectivity index (χ2n) is 5.61. The van der Waals surface area contributed by atoms with Crippen molar-refractivity contribution < 1.29 is 17.9 Å². The van der Waals surface area contributed by atoms with Crippen LogP contribution in [0, 0.1) is 0 Å². The molecule has 0 bridgehead atoms. The zero-order valence-electron chi connectivity index (χ0n) is 14.8. The number of halogens is 1. The molecule has 0 heterocycles. The molecule has 0 saturated carbocycles. The summed E-state index contributed by atoms with van der Waals surface area (Å²) in [6, 6.07) is 13.1. The Labute approximate surface area is 164 Å². The summed E-state index contributed by atoms with van der Waals surface area (Å²) in [4.78, 5) is 12.1. The van der Waals surface area contributed by atoms with Crippen LogP contribution >= 0.6 is 11.6 Å². The molecule has 0 aliphatic carbocycles. The smallest absolute Gasteiger partial charge is 0.248 e. The van der Waals surface area contributed by atoms with Crippen molar-refractivity contribution in [2.75, 3.05) is 25.6 Å². The van der Waals surface area contributed by atoms with Crippen LogP contribution in [0.3, 0.4) is 0 Å². The number of rotatable bonds is 9. The van der Waals surface area contributed by atoms with Gasteiger partial charge in [0.05, 0.1) is 4.90 Å². The number of sulfonamides is 1. The van der Waals surface area contributed by atoms with Gasteiger partial charge in [0.15, 0.2) is 0 Å². The molecule has 1 amide bonds. The minimum atomic E-state index is -3.58. The van der Waals surface area contributed by atoms with E-state index in [0.29, 0.717) is 30.3 Å². The molecule has 27 heavy (non-hydrogen) atoms. The molecular formula is C19H21ClN2O4S. The average Bonchev–Trinajstić information content (AvgIpc) is 2.65. The van der Waals surface area contributed by atoms with Crippen molar-refractivity contribution >= 4 is 39.3 Å². The third-order valence-electron chi connectivity index (χ3n) is 3.57. The Morgan fingerprint density at radius 3 is 2.52 bits per heavy atom. The Bertz CT molecular complexity index is 896. The van der Waals surface area contributed by atoms with Gasteiger partial charge in [0.2, 0.25) is 15.9 Å². The highest BCUT2D eigenvalue weighted by Crippen LogP contribution is 2.17. The van der Waals surface area contributed by atoms with Crippen LogP contribution in [0.2, 0.25) is 5.02 Å². The van der Waals surface area contributed by atoms with Crippen LogP contribution in [0.4, 0.5) is 5.69 Å². The van der Waals surface area contributed by atoms with E-state index in [1.807, 2.05) is 12.1 Å². The van der Waals surface area contributed by atoms with Crippen LogP contribution in [0.15, 0.2) is 59.5 Å². The van der Waals surface area contributed by atoms with Crippen molar-refractivity contribution in [3.05, 3.63) is 65.2 Å². The van der Waals surface area contributed by atoms with Gasteiger partial charge < -0.3 is 10.1 Å². The monoisotopic (exact) mass is 408 g/mol. The number of nitrogens with one attached hydrogen (secondary N) is 2. The Kier molecular flexibility index (Phi) is 7.99. The molecule has 0 fully saturated rings. The zero-order chi connectivity index (χ0) is 19.7. The maximum Gasteiger partial charge on any atom is 0.248 e. The molecule has 0 aromatic heterocycles. The van der Waals surface area contributed by atoms with Gasteiger partial charge >= 0.3 is 0 Å². The van der Waals surface area contributed by atoms with Crippen LogP contribution in [0.1, 0.15) is 12.0 Å². The number of carbonyl (C=O) groups is 1. The summed E-state index contributed by atoms with van der Waals surface area (Å²) in [5, 5.41) is 3.22. The second kappa shape index (κ2) is 10.2. The minimum absolute atomic E-state index is 0.129. The quantitative estimate of drug-likeness (QED) is 0.492. The minimum Gasteiger partial charge on any atom is -0.385 e. The van der Waals surface area contributed by atoms with Gasteiger partial charge in [-0.2, -0.15) is 0 Å². The van der Waals surface area contributed by atoms with Gasteiger partial charge in [0.1, 0.15) is 0 Å². The van der Waals surface area contributed by atoms with E-state index in [0.717, 1.165) is 5.56 Å². The first-order chi connectivity index (χ1) is 12.9. The van der Waals surface area contributed by atoms with E-state index < -0.39 is 10.0 Å². The van der Waals surface area contributed by atoms with Crippen LogP contribution < -0.4 is 10.0 Å². The maximum atomic E-state index is 12.2. The Morgan fingerprint density at radius 1 is 1.15 bits per heavy atom. The molecule has 0 aliphatic rings. The van der Waals surface area contributed by atoms with Gasteiger partial charge in [-0.1, -0.05) is 29.8 Å². The lowest BCUT2D eigenvalue weighted by Gasteiger charge is -2.08. The third kappa shape index (κ3) is 6.80. The van der Waals surface area contributed by atoms with E-state index >= 15 is 0 Å². The Balaban J connectivity index is 1.95. The second-order valence-corrected chi connectivity index (χ2v) is 7.79. The molecule has 8 heteroatoms. The predicted octanol–water partition coefficient (Wildman–Crippen LogP) is 3.31. The fourth-order valence-corrected chi connectivity index (χ4v) is 3.46. The lowest BCUT2D eigenvalue weighted by atomic mass is 10.2. The SMILES string of the molecule is COCCCNS(=O)(=O)c1ccc(NC(=O)C=Cc2ccccc2Cl)cc1. The molecule has 2 aromatic rings. The van der Waals surface area contributed by atoms with E-state index in [2.05, 4.69) is 10.0 Å². The summed E-state index contributed by atoms with van der Waals surface area (Å²) in [7, 11) is -2.02. The van der Waals surface area contributed by atoms with E-state index in [1.54, 1.807) is 25.3 Å². The molecule has 6 nitrogen and oxygen atoms in total. The topological polar surface area (TPSA) is 84.5 Å². The first-order valence-electron chi connectivity index (χ1n) is 8.24. The van der Waals surface area contributed by atoms with Gasteiger partial charge in [0.25, 0.3) is 0 Å². The summed E-state index contributed by atoms with van der Waals surface area (Å²) in [6.45, 7) is 0.775. The standard InChI is InChI=1S/C19H21ClN2O4S/c1-26-14-4-13-21-27(24,25)17-10-8-16(9-11-17)22-19(23)12-7-15-5-2-3-6-18(15)20/h2-3,5-12,21H,4,13-14H2,1H3,(H,22,23). The highest BCUT2D eigenvalue weighted by Gasteiger charge is 2.13. The van der Waals surface area contributed by atoms with Gasteiger partial charge in [-0.3, -0.25) is 4.79 Å². The first kappa shape index (κ1) is 21.1. The van der Waals surface area contributed by atoms with Crippen molar-refractivity contribution in [3.63, 3.8) is 0 Å². The number of hydrogen-bond acceptors (Lipinski definition) is 4. The Morgan fingerprint density at radius 2 is 1.85 bits per heavy atom. The number of ether oxygens (including phenoxy) is 1. The lowest BCUT2D eigenvalue weighted by molar-refractivity contribution is -0.111. The van der Waals surface area contributed by atoms with Crippen LogP contribution in [-0.2, 0) is 19.6 Å². The molecule has 2 rings (SSSR count). The number of carbonyl (C=O) groups excluding carboxylic acids is 1. The van der Waals surface area contributed by atoms with Crippen molar-refractivity contribution in [2.24, 2.45) is 0 Å². The number of anilines is 1. The maximum absolute atomic E-state index is 12.2. The van der Waals surface area contributed by atoms with Gasteiger partial charge in [0, 0.05) is 37.0 Å². The zero-order valence-corrected chi connectivity index (χ0v) is 16.4. The molecule has 0 spiro atoms. The Hall–Kier alpha value is -2.19. The molecule has 2 N–H and O–H groups in total. The number of methoxy groups -OCH3 is 1. The van der Waals surface area contributed by atoms with Gasteiger partial charge in [-0.15, -0.1) is 0 Å². The molecule has 144 valence electrons. The summed E-state index contributed by atoms with van der Waals surface area (Å²) >= 11 is 6.03. The van der Waals surface area contributed by atoms with Crippen molar-refractivity contribution in [1.82, 2.24) is 4.72 Å². The summed E-state index contributed by atoms with van der Waals surface area (Å²) < 4.78 is 31.7. The molecular weight excluding hydrogens is 388 g/mol. The highest BCUT2D eigenvalue weighted by atomic mass is 35.5. The molecule has 0 saturated heterocycles. The van der Waals surface area contributed by atoms with E-state index in [4.69, 9.17) is 16.3 Å². The van der Waals surface area contributed by atoms with Crippen LogP contribution in [-0.4, -0.2) is 34.6 Å². The number of amides is 1. The van der Waals surface area contributed by atoms with Crippen molar-refractivity contribution in [2.45, 2.75) is 11.3 Å². The fourth-order valence-electron chi connectivity index (χ4n) is 2.18. The summed E-state index contributed by atoms with van der Waals surface area (Å²) in [6.07, 6.45) is 3.56. The largest absolute Gasteiger partial charge is 0.385 e. The fraction of sp³-hybridized carbons (Fsp3) is 0.211. The molecule has 0 atom stereocenters. The van der Waals surface area contributed by atoms with Gasteiger partial charge in [-0.25, -0.2) is 13.1 Å². The van der Waals surface area contributed by atoms with Crippen LogP contribution in [0.25, 0.3) is 6.08 Å². The van der Waals surface area contributed by atoms with Crippen molar-refractivity contribution in [3.8, 4) is 0 Å². The summed E-state index contributed by atoms with van der Waals surface area (Å²) in [5.41, 5.74) is 1.22. The molecule has 0 radical (unpaired) electrons. The van der Waals surface area contributed by atoms with Crippen LogP contribution in [0.5, 0.6) is 0 Å². The van der Waals surface area contributed by atoms with E-state index in [1.165, 1.54) is 30.3 Å². The summed E-state index contributed by atoms with van der Waals surface area (Å²) in [5.74, 6) is -0.344. The third-order valence-corrected chi connectivity index (χ3v) is 5.39. The highest BCUT2D eigenvalue weighted by molar-refractivity contribution is 7.89. The van der Waals surface area contributed by atoms with E-state index in [-0.39, 0.29) is 10.8 Å². The van der Waals surface area contributed by atoms with Gasteiger partial charge in [-0.05, 0) is 48.4 Å². The molecule has 0 unspecified atom stereocenters. The predicted molar refractivity (Wildman–Crippen MR) is 107 cm³/mol. The molecule has 2 aromatic carbocycles. The lowest BCUT2D eigenvalue weighted by Crippen LogP contribution is -2.25. The van der Waals surface area contributed by atoms with E-state index in [9.17, 15) is 13.2 Å². The normalized spacial score (nSPS) is 11.6. The first-order valence-corrected chi connectivity index (χ1v) is 10.1. The molecule has 0 aliphatic heterocycles. The van der Waals surface area contributed by atoms with Crippen molar-refractivity contribution in [1.29, 1.82) is 0 Å². The number of hydrogen-bond donors (Lipinski definition) is 2. The number of benzene rings is 2.